The lowest BCUT2D eigenvalue weighted by molar-refractivity contribution is 0.0933. The van der Waals surface area contributed by atoms with Gasteiger partial charge in [0.25, 0.3) is 5.91 Å². The number of alkyl halides is 1. The molecule has 1 N–H and O–H groups in total. The number of fused-ring (bicyclic) bond motifs is 1. The topological polar surface area (TPSA) is 29.1 Å². The Labute approximate surface area is 116 Å². The highest BCUT2D eigenvalue weighted by Gasteiger charge is 2.17. The van der Waals surface area contributed by atoms with Crippen LogP contribution in [0.3, 0.4) is 0 Å². The van der Waals surface area contributed by atoms with Gasteiger partial charge in [-0.3, -0.25) is 4.79 Å². The van der Waals surface area contributed by atoms with Crippen molar-refractivity contribution in [2.75, 3.05) is 5.88 Å². The smallest absolute Gasteiger partial charge is 0.252 e. The van der Waals surface area contributed by atoms with E-state index in [1.165, 1.54) is 0 Å². The largest absolute Gasteiger partial charge is 0.349 e. The fourth-order valence-electron chi connectivity index (χ4n) is 1.71. The molecule has 1 heterocycles. The predicted molar refractivity (Wildman–Crippen MR) is 78.6 cm³/mol. The molecule has 18 heavy (non-hydrogen) atoms. The van der Waals surface area contributed by atoms with E-state index in [0.29, 0.717) is 5.88 Å². The third-order valence-corrected chi connectivity index (χ3v) is 4.63. The number of rotatable bonds is 4. The van der Waals surface area contributed by atoms with Crippen LogP contribution in [0.1, 0.15) is 24.2 Å². The van der Waals surface area contributed by atoms with Crippen LogP contribution < -0.4 is 5.32 Å². The van der Waals surface area contributed by atoms with Crippen molar-refractivity contribution in [3.8, 4) is 0 Å². The highest BCUT2D eigenvalue weighted by atomic mass is 35.5. The maximum absolute atomic E-state index is 12.2. The maximum atomic E-state index is 12.2. The van der Waals surface area contributed by atoms with Crippen molar-refractivity contribution in [2.45, 2.75) is 19.9 Å². The first-order valence-corrected chi connectivity index (χ1v) is 7.38. The lowest BCUT2D eigenvalue weighted by Gasteiger charge is -2.18. The van der Waals surface area contributed by atoms with Gasteiger partial charge in [0.2, 0.25) is 0 Å². The van der Waals surface area contributed by atoms with Crippen LogP contribution in [-0.2, 0) is 0 Å². The molecule has 4 heteroatoms. The molecule has 2 atom stereocenters. The summed E-state index contributed by atoms with van der Waals surface area (Å²) < 4.78 is 1.14. The predicted octanol–water partition coefficient (Wildman–Crippen LogP) is 3.89. The quantitative estimate of drug-likeness (QED) is 0.846. The van der Waals surface area contributed by atoms with Gasteiger partial charge in [0, 0.05) is 27.4 Å². The first kappa shape index (κ1) is 13.4. The molecule has 2 aromatic rings. The summed E-state index contributed by atoms with van der Waals surface area (Å²) in [6.45, 7) is 4.02. The molecule has 1 amide bonds. The highest BCUT2D eigenvalue weighted by molar-refractivity contribution is 7.17. The lowest BCUT2D eigenvalue weighted by Crippen LogP contribution is -2.37. The van der Waals surface area contributed by atoms with Crippen molar-refractivity contribution >= 4 is 38.9 Å². The molecule has 0 radical (unpaired) electrons. The number of carbonyl (C=O) groups excluding carboxylic acids is 1. The SMILES string of the molecule is CC(CCl)C(C)NC(=O)c1csc2ccccc12. The Morgan fingerprint density at radius 2 is 2.11 bits per heavy atom. The van der Waals surface area contributed by atoms with Gasteiger partial charge in [-0.25, -0.2) is 0 Å². The van der Waals surface area contributed by atoms with E-state index in [1.54, 1.807) is 11.3 Å². The first-order valence-electron chi connectivity index (χ1n) is 5.96. The molecular weight excluding hydrogens is 266 g/mol. The van der Waals surface area contributed by atoms with Gasteiger partial charge in [-0.2, -0.15) is 0 Å². The highest BCUT2D eigenvalue weighted by Crippen LogP contribution is 2.25. The van der Waals surface area contributed by atoms with Crippen molar-refractivity contribution in [3.63, 3.8) is 0 Å². The summed E-state index contributed by atoms with van der Waals surface area (Å²) >= 11 is 7.40. The summed E-state index contributed by atoms with van der Waals surface area (Å²) in [5, 5.41) is 5.94. The van der Waals surface area contributed by atoms with E-state index in [-0.39, 0.29) is 17.9 Å². The Morgan fingerprint density at radius 1 is 1.39 bits per heavy atom. The van der Waals surface area contributed by atoms with Gasteiger partial charge in [-0.15, -0.1) is 22.9 Å². The molecule has 0 aliphatic carbocycles. The molecule has 2 rings (SSSR count). The number of halogens is 1. The molecule has 0 aliphatic rings. The lowest BCUT2D eigenvalue weighted by atomic mass is 10.1. The minimum absolute atomic E-state index is 0.0167. The van der Waals surface area contributed by atoms with E-state index in [9.17, 15) is 4.79 Å². The van der Waals surface area contributed by atoms with Crippen molar-refractivity contribution in [2.24, 2.45) is 5.92 Å². The number of nitrogens with one attached hydrogen (secondary N) is 1. The summed E-state index contributed by atoms with van der Waals surface area (Å²) in [7, 11) is 0. The average molecular weight is 282 g/mol. The molecule has 0 bridgehead atoms. The van der Waals surface area contributed by atoms with Gasteiger partial charge in [-0.1, -0.05) is 25.1 Å². The van der Waals surface area contributed by atoms with Crippen LogP contribution in [0.15, 0.2) is 29.6 Å². The molecule has 0 saturated carbocycles. The number of hydrogen-bond acceptors (Lipinski definition) is 2. The number of thiophene rings is 1. The zero-order valence-corrected chi connectivity index (χ0v) is 12.0. The summed E-state index contributed by atoms with van der Waals surface area (Å²) in [5.74, 6) is 0.795. The Hall–Kier alpha value is -1.06. The summed E-state index contributed by atoms with van der Waals surface area (Å²) in [6.07, 6.45) is 0. The Kier molecular flexibility index (Phi) is 4.25. The zero-order chi connectivity index (χ0) is 13.1. The zero-order valence-electron chi connectivity index (χ0n) is 10.4. The third kappa shape index (κ3) is 2.68. The van der Waals surface area contributed by atoms with E-state index < -0.39 is 0 Å². The van der Waals surface area contributed by atoms with Gasteiger partial charge in [-0.05, 0) is 18.9 Å². The fraction of sp³-hybridized carbons (Fsp3) is 0.357. The van der Waals surface area contributed by atoms with Crippen molar-refractivity contribution < 1.29 is 4.79 Å². The standard InChI is InChI=1S/C14H16ClNOS/c1-9(7-15)10(2)16-14(17)12-8-18-13-6-4-3-5-11(12)13/h3-6,8-10H,7H2,1-2H3,(H,16,17). The molecule has 96 valence electrons. The molecular formula is C14H16ClNOS. The van der Waals surface area contributed by atoms with Gasteiger partial charge in [0.15, 0.2) is 0 Å². The van der Waals surface area contributed by atoms with Gasteiger partial charge >= 0.3 is 0 Å². The summed E-state index contributed by atoms with van der Waals surface area (Å²) in [4.78, 5) is 12.2. The number of amides is 1. The molecule has 0 aliphatic heterocycles. The fourth-order valence-corrected chi connectivity index (χ4v) is 2.92. The Morgan fingerprint density at radius 3 is 2.83 bits per heavy atom. The molecule has 1 aromatic heterocycles. The van der Waals surface area contributed by atoms with Crippen LogP contribution in [0.2, 0.25) is 0 Å². The second-order valence-electron chi connectivity index (χ2n) is 4.54. The minimum Gasteiger partial charge on any atom is -0.349 e. The first-order chi connectivity index (χ1) is 8.63. The van der Waals surface area contributed by atoms with E-state index in [1.807, 2.05) is 43.5 Å². The molecule has 2 nitrogen and oxygen atoms in total. The molecule has 2 unspecified atom stereocenters. The summed E-state index contributed by atoms with van der Waals surface area (Å²) in [5.41, 5.74) is 0.754. The van der Waals surface area contributed by atoms with Crippen LogP contribution in [0.4, 0.5) is 0 Å². The second-order valence-corrected chi connectivity index (χ2v) is 5.76. The van der Waals surface area contributed by atoms with E-state index in [4.69, 9.17) is 11.6 Å². The van der Waals surface area contributed by atoms with E-state index in [0.717, 1.165) is 15.6 Å². The van der Waals surface area contributed by atoms with E-state index >= 15 is 0 Å². The molecule has 0 saturated heterocycles. The second kappa shape index (κ2) is 5.72. The van der Waals surface area contributed by atoms with Crippen LogP contribution in [0.5, 0.6) is 0 Å². The summed E-state index contributed by atoms with van der Waals surface area (Å²) in [6, 6.07) is 8.03. The van der Waals surface area contributed by atoms with Gasteiger partial charge in [0.1, 0.15) is 0 Å². The maximum Gasteiger partial charge on any atom is 0.252 e. The minimum atomic E-state index is -0.0167. The average Bonchev–Trinajstić information content (AvgIpc) is 2.81. The number of hydrogen-bond donors (Lipinski definition) is 1. The van der Waals surface area contributed by atoms with Crippen LogP contribution in [0.25, 0.3) is 10.1 Å². The molecule has 0 fully saturated rings. The molecule has 0 spiro atoms. The Balaban J connectivity index is 2.19. The Bertz CT molecular complexity index is 551. The van der Waals surface area contributed by atoms with E-state index in [2.05, 4.69) is 5.32 Å². The normalized spacial score (nSPS) is 14.4. The number of carbonyl (C=O) groups is 1. The monoisotopic (exact) mass is 281 g/mol. The van der Waals surface area contributed by atoms with Crippen LogP contribution in [-0.4, -0.2) is 17.8 Å². The van der Waals surface area contributed by atoms with Gasteiger partial charge in [0.05, 0.1) is 5.56 Å². The van der Waals surface area contributed by atoms with Crippen molar-refractivity contribution in [3.05, 3.63) is 35.2 Å². The third-order valence-electron chi connectivity index (χ3n) is 3.18. The van der Waals surface area contributed by atoms with Gasteiger partial charge < -0.3 is 5.32 Å². The number of benzene rings is 1. The van der Waals surface area contributed by atoms with Crippen molar-refractivity contribution in [1.29, 1.82) is 0 Å². The van der Waals surface area contributed by atoms with Crippen LogP contribution in [0, 0.1) is 5.92 Å². The van der Waals surface area contributed by atoms with Crippen LogP contribution >= 0.6 is 22.9 Å². The van der Waals surface area contributed by atoms with Crippen molar-refractivity contribution in [1.82, 2.24) is 5.32 Å². The molecule has 1 aromatic carbocycles.